The van der Waals surface area contributed by atoms with Gasteiger partial charge in [-0.2, -0.15) is 0 Å². The fourth-order valence-electron chi connectivity index (χ4n) is 2.63. The smallest absolute Gasteiger partial charge is 0.256 e. The van der Waals surface area contributed by atoms with Crippen LogP contribution >= 0.6 is 0 Å². The van der Waals surface area contributed by atoms with E-state index < -0.39 is 17.3 Å². The van der Waals surface area contributed by atoms with Crippen molar-refractivity contribution in [1.29, 1.82) is 0 Å². The number of hydrogen-bond acceptors (Lipinski definition) is 4. The van der Waals surface area contributed by atoms with E-state index in [-0.39, 0.29) is 24.6 Å². The molecule has 0 saturated carbocycles. The third-order valence-electron chi connectivity index (χ3n) is 4.29. The maximum atomic E-state index is 14.1. The van der Waals surface area contributed by atoms with Crippen molar-refractivity contribution in [2.75, 3.05) is 20.3 Å². The summed E-state index contributed by atoms with van der Waals surface area (Å²) in [5, 5.41) is 12.3. The highest BCUT2D eigenvalue weighted by atomic mass is 19.1. The predicted molar refractivity (Wildman–Crippen MR) is 92.3 cm³/mol. The van der Waals surface area contributed by atoms with Crippen LogP contribution in [0.4, 0.5) is 4.39 Å². The summed E-state index contributed by atoms with van der Waals surface area (Å²) in [6.45, 7) is 1.69. The summed E-state index contributed by atoms with van der Waals surface area (Å²) in [4.78, 5) is 16.7. The molecule has 1 aromatic carbocycles. The quantitative estimate of drug-likeness (QED) is 0.767. The molecular formula is C19H23FN2O3. The van der Waals surface area contributed by atoms with Crippen molar-refractivity contribution in [2.45, 2.75) is 18.9 Å². The van der Waals surface area contributed by atoms with Crippen LogP contribution in [0, 0.1) is 11.7 Å². The van der Waals surface area contributed by atoms with Gasteiger partial charge >= 0.3 is 0 Å². The van der Waals surface area contributed by atoms with Crippen LogP contribution in [0.3, 0.4) is 0 Å². The van der Waals surface area contributed by atoms with E-state index in [1.807, 2.05) is 12.1 Å². The second-order valence-electron chi connectivity index (χ2n) is 6.04. The number of hydrogen-bond donors (Lipinski definition) is 2. The first-order valence-electron chi connectivity index (χ1n) is 8.09. The molecule has 6 heteroatoms. The van der Waals surface area contributed by atoms with Gasteiger partial charge in [-0.25, -0.2) is 4.39 Å². The molecule has 0 aliphatic rings. The first-order valence-corrected chi connectivity index (χ1v) is 8.09. The Hall–Kier alpha value is -2.31. The van der Waals surface area contributed by atoms with Crippen LogP contribution < -0.4 is 5.32 Å². The Morgan fingerprint density at radius 3 is 2.72 bits per heavy atom. The largest absolute Gasteiger partial charge is 0.396 e. The number of amides is 1. The lowest BCUT2D eigenvalue weighted by Crippen LogP contribution is -2.46. The third-order valence-corrected chi connectivity index (χ3v) is 4.29. The SMILES string of the molecule is CO[C@@](C)(C(=O)NC[C@H](CO)Cc1cccnc1)c1ccccc1F. The zero-order valence-corrected chi connectivity index (χ0v) is 14.4. The van der Waals surface area contributed by atoms with E-state index in [4.69, 9.17) is 4.74 Å². The van der Waals surface area contributed by atoms with Crippen molar-refractivity contribution in [1.82, 2.24) is 10.3 Å². The first kappa shape index (κ1) is 19.0. The third kappa shape index (κ3) is 4.61. The molecule has 2 aromatic rings. The molecule has 0 saturated heterocycles. The van der Waals surface area contributed by atoms with Gasteiger partial charge in [0.05, 0.1) is 0 Å². The van der Waals surface area contributed by atoms with Gasteiger partial charge in [-0.05, 0) is 31.0 Å². The van der Waals surface area contributed by atoms with Crippen LogP contribution in [0.2, 0.25) is 0 Å². The lowest BCUT2D eigenvalue weighted by molar-refractivity contribution is -0.143. The Balaban J connectivity index is 2.05. The second-order valence-corrected chi connectivity index (χ2v) is 6.04. The highest BCUT2D eigenvalue weighted by molar-refractivity contribution is 5.86. The van der Waals surface area contributed by atoms with Gasteiger partial charge in [-0.3, -0.25) is 9.78 Å². The second kappa shape index (κ2) is 8.69. The lowest BCUT2D eigenvalue weighted by Gasteiger charge is -2.28. The molecule has 2 rings (SSSR count). The molecule has 1 aromatic heterocycles. The summed E-state index contributed by atoms with van der Waals surface area (Å²) >= 11 is 0. The fourth-order valence-corrected chi connectivity index (χ4v) is 2.63. The maximum Gasteiger partial charge on any atom is 0.256 e. The predicted octanol–water partition coefficient (Wildman–Crippen LogP) is 2.05. The van der Waals surface area contributed by atoms with E-state index in [1.165, 1.54) is 26.2 Å². The van der Waals surface area contributed by atoms with Crippen molar-refractivity contribution >= 4 is 5.91 Å². The van der Waals surface area contributed by atoms with E-state index in [1.54, 1.807) is 24.5 Å². The van der Waals surface area contributed by atoms with E-state index in [9.17, 15) is 14.3 Å². The Labute approximate surface area is 146 Å². The van der Waals surface area contributed by atoms with Gasteiger partial charge < -0.3 is 15.2 Å². The zero-order valence-electron chi connectivity index (χ0n) is 14.4. The molecule has 134 valence electrons. The standard InChI is InChI=1S/C19H23FN2O3/c1-19(25-2,16-7-3-4-8-17(16)20)18(24)22-12-15(13-23)10-14-6-5-9-21-11-14/h3-9,11,15,23H,10,12-13H2,1-2H3,(H,22,24)/t15-,19-/m1/s1. The van der Waals surface area contributed by atoms with Crippen molar-refractivity contribution in [3.63, 3.8) is 0 Å². The fraction of sp³-hybridized carbons (Fsp3) is 0.368. The molecule has 5 nitrogen and oxygen atoms in total. The van der Waals surface area contributed by atoms with Gasteiger partial charge in [-0.1, -0.05) is 24.3 Å². The number of methoxy groups -OCH3 is 1. The van der Waals surface area contributed by atoms with Crippen molar-refractivity contribution in [3.8, 4) is 0 Å². The molecule has 0 spiro atoms. The highest BCUT2D eigenvalue weighted by Gasteiger charge is 2.37. The minimum atomic E-state index is -1.44. The van der Waals surface area contributed by atoms with E-state index in [0.717, 1.165) is 5.56 Å². The number of carbonyl (C=O) groups excluding carboxylic acids is 1. The molecule has 0 fully saturated rings. The number of nitrogens with one attached hydrogen (secondary N) is 1. The summed E-state index contributed by atoms with van der Waals surface area (Å²) < 4.78 is 19.4. The van der Waals surface area contributed by atoms with Crippen LogP contribution in [-0.2, 0) is 21.6 Å². The average molecular weight is 346 g/mol. The number of aliphatic hydroxyl groups excluding tert-OH is 1. The van der Waals surface area contributed by atoms with Gasteiger partial charge in [-0.15, -0.1) is 0 Å². The number of ether oxygens (including phenoxy) is 1. The average Bonchev–Trinajstić information content (AvgIpc) is 2.65. The molecule has 0 unspecified atom stereocenters. The molecule has 2 N–H and O–H groups in total. The van der Waals surface area contributed by atoms with Crippen molar-refractivity contribution < 1.29 is 19.0 Å². The Kier molecular flexibility index (Phi) is 6.61. The molecule has 0 aliphatic heterocycles. The minimum absolute atomic E-state index is 0.0848. The topological polar surface area (TPSA) is 71.5 Å². The lowest BCUT2D eigenvalue weighted by atomic mass is 9.93. The summed E-state index contributed by atoms with van der Waals surface area (Å²) in [6.07, 6.45) is 3.98. The number of halogens is 1. The van der Waals surface area contributed by atoms with Gasteiger partial charge in [0, 0.05) is 44.1 Å². The Morgan fingerprint density at radius 1 is 1.36 bits per heavy atom. The molecule has 25 heavy (non-hydrogen) atoms. The number of benzene rings is 1. The molecule has 0 radical (unpaired) electrons. The molecule has 0 aliphatic carbocycles. The van der Waals surface area contributed by atoms with Gasteiger partial charge in [0.15, 0.2) is 5.60 Å². The number of rotatable bonds is 8. The Morgan fingerprint density at radius 2 is 2.12 bits per heavy atom. The Bertz CT molecular complexity index is 696. The number of pyridine rings is 1. The molecule has 1 amide bonds. The normalized spacial score (nSPS) is 14.6. The number of nitrogens with zero attached hydrogens (tertiary/aromatic N) is 1. The summed E-state index contributed by atoms with van der Waals surface area (Å²) in [5.41, 5.74) is -0.304. The van der Waals surface area contributed by atoms with E-state index in [2.05, 4.69) is 10.3 Å². The van der Waals surface area contributed by atoms with Crippen LogP contribution in [0.1, 0.15) is 18.1 Å². The highest BCUT2D eigenvalue weighted by Crippen LogP contribution is 2.27. The first-order chi connectivity index (χ1) is 12.0. The van der Waals surface area contributed by atoms with Gasteiger partial charge in [0.25, 0.3) is 5.91 Å². The van der Waals surface area contributed by atoms with Crippen LogP contribution in [0.25, 0.3) is 0 Å². The van der Waals surface area contributed by atoms with Crippen LogP contribution in [0.5, 0.6) is 0 Å². The molecule has 1 heterocycles. The molecule has 0 bridgehead atoms. The van der Waals surface area contributed by atoms with E-state index >= 15 is 0 Å². The molecular weight excluding hydrogens is 323 g/mol. The van der Waals surface area contributed by atoms with Gasteiger partial charge in [0.1, 0.15) is 5.82 Å². The van der Waals surface area contributed by atoms with Crippen molar-refractivity contribution in [2.24, 2.45) is 5.92 Å². The monoisotopic (exact) mass is 346 g/mol. The maximum absolute atomic E-state index is 14.1. The van der Waals surface area contributed by atoms with E-state index in [0.29, 0.717) is 6.42 Å². The van der Waals surface area contributed by atoms with Crippen LogP contribution in [0.15, 0.2) is 48.8 Å². The van der Waals surface area contributed by atoms with Crippen LogP contribution in [-0.4, -0.2) is 36.3 Å². The number of carbonyl (C=O) groups is 1. The molecule has 2 atom stereocenters. The zero-order chi connectivity index (χ0) is 18.3. The van der Waals surface area contributed by atoms with Crippen molar-refractivity contribution in [3.05, 3.63) is 65.7 Å². The summed E-state index contributed by atoms with van der Waals surface area (Å²) in [7, 11) is 1.37. The summed E-state index contributed by atoms with van der Waals surface area (Å²) in [5.74, 6) is -1.13. The number of aromatic nitrogens is 1. The summed E-state index contributed by atoms with van der Waals surface area (Å²) in [6, 6.07) is 9.76. The minimum Gasteiger partial charge on any atom is -0.396 e. The van der Waals surface area contributed by atoms with Gasteiger partial charge in [0.2, 0.25) is 0 Å². The number of aliphatic hydroxyl groups is 1.